The monoisotopic (exact) mass is 1130 g/mol. The average Bonchev–Trinajstić information content (AvgIpc) is 1.48. The summed E-state index contributed by atoms with van der Waals surface area (Å²) in [6.45, 7) is 9.94. The van der Waals surface area contributed by atoms with Crippen LogP contribution < -0.4 is 49.7 Å². The van der Waals surface area contributed by atoms with Gasteiger partial charge in [-0.05, 0) is 139 Å². The number of hydrogen-bond donors (Lipinski definition) is 4. The lowest BCUT2D eigenvalue weighted by molar-refractivity contribution is -0.121. The van der Waals surface area contributed by atoms with Crippen LogP contribution in [0.3, 0.4) is 0 Å². The Balaban J connectivity index is 1.17. The summed E-state index contributed by atoms with van der Waals surface area (Å²) in [5.74, 6) is 1.60. The van der Waals surface area contributed by atoms with Crippen LogP contribution in [-0.4, -0.2) is 77.4 Å². The van der Waals surface area contributed by atoms with Crippen LogP contribution >= 0.6 is 0 Å². The molecule has 2 heterocycles. The predicted molar refractivity (Wildman–Crippen MR) is 328 cm³/mol. The molecule has 4 N–H and O–H groups in total. The molecule has 14 heteroatoms. The van der Waals surface area contributed by atoms with Crippen LogP contribution in [0.25, 0.3) is 32.7 Å². The van der Waals surface area contributed by atoms with Gasteiger partial charge in [0.15, 0.2) is 0 Å². The zero-order valence-electron chi connectivity index (χ0n) is 48.9. The molecule has 0 saturated carbocycles. The molecule has 1 aliphatic carbocycles. The highest BCUT2D eigenvalue weighted by atomic mass is 16.5. The molecule has 8 aromatic carbocycles. The van der Waals surface area contributed by atoms with E-state index in [0.717, 1.165) is 115 Å². The highest BCUT2D eigenvalue weighted by Crippen LogP contribution is 2.49. The van der Waals surface area contributed by atoms with Crippen molar-refractivity contribution in [2.75, 3.05) is 53.7 Å². The molecule has 434 valence electrons. The number of rotatable bonds is 14. The number of ether oxygens (including phenoxy) is 6. The lowest BCUT2D eigenvalue weighted by Gasteiger charge is -2.24. The van der Waals surface area contributed by atoms with Crippen LogP contribution in [0.1, 0.15) is 130 Å². The molecule has 0 saturated heterocycles. The molecule has 0 radical (unpaired) electrons. The van der Waals surface area contributed by atoms with Crippen molar-refractivity contribution in [3.05, 3.63) is 188 Å². The van der Waals surface area contributed by atoms with E-state index in [2.05, 4.69) is 110 Å². The Kier molecular flexibility index (Phi) is 18.6. The topological polar surface area (TPSA) is 172 Å². The first-order chi connectivity index (χ1) is 41.0. The molecule has 0 atom stereocenters. The van der Waals surface area contributed by atoms with E-state index in [1.807, 2.05) is 48.5 Å². The predicted octanol–water partition coefficient (Wildman–Crippen LogP) is 11.9. The van der Waals surface area contributed by atoms with Crippen LogP contribution in [0, 0.1) is 0 Å². The molecule has 84 heavy (non-hydrogen) atoms. The molecule has 8 aromatic rings. The van der Waals surface area contributed by atoms with E-state index in [4.69, 9.17) is 28.4 Å². The Morgan fingerprint density at radius 3 is 1.00 bits per heavy atom. The third-order valence-electron chi connectivity index (χ3n) is 15.2. The van der Waals surface area contributed by atoms with Gasteiger partial charge in [0.1, 0.15) is 34.5 Å². The molecule has 14 bridgehead atoms. The summed E-state index contributed by atoms with van der Waals surface area (Å²) >= 11 is 0. The van der Waals surface area contributed by atoms with Gasteiger partial charge in [-0.2, -0.15) is 0 Å². The molecule has 3 aliphatic rings. The Labute approximate surface area is 491 Å². The summed E-state index contributed by atoms with van der Waals surface area (Å²) in [5.41, 5.74) is 10.6. The fourth-order valence-corrected chi connectivity index (χ4v) is 11.5. The summed E-state index contributed by atoms with van der Waals surface area (Å²) < 4.78 is 39.6. The van der Waals surface area contributed by atoms with Crippen molar-refractivity contribution < 1.29 is 47.6 Å². The molecule has 0 unspecified atom stereocenters. The van der Waals surface area contributed by atoms with E-state index in [0.29, 0.717) is 74.0 Å². The first-order valence-electron chi connectivity index (χ1n) is 29.4. The van der Waals surface area contributed by atoms with Gasteiger partial charge in [-0.3, -0.25) is 19.2 Å². The summed E-state index contributed by atoms with van der Waals surface area (Å²) in [5, 5.41) is 14.8. The van der Waals surface area contributed by atoms with Gasteiger partial charge in [-0.25, -0.2) is 0 Å². The highest BCUT2D eigenvalue weighted by molar-refractivity contribution is 6.17. The van der Waals surface area contributed by atoms with E-state index in [-0.39, 0.29) is 48.8 Å². The molecular formula is C70H74N4O10. The van der Waals surface area contributed by atoms with Crippen molar-refractivity contribution >= 4 is 45.2 Å². The number of hydrogen-bond acceptors (Lipinski definition) is 10. The summed E-state index contributed by atoms with van der Waals surface area (Å²) in [6.07, 6.45) is 4.95. The lowest BCUT2D eigenvalue weighted by atomic mass is 9.88. The number of benzene rings is 8. The molecule has 0 aromatic heterocycles. The van der Waals surface area contributed by atoms with E-state index < -0.39 is 23.6 Å². The fourth-order valence-electron chi connectivity index (χ4n) is 11.5. The van der Waals surface area contributed by atoms with Crippen molar-refractivity contribution in [2.24, 2.45) is 0 Å². The number of methoxy groups -OCH3 is 2. The molecule has 14 nitrogen and oxygen atoms in total. The Morgan fingerprint density at radius 1 is 0.357 bits per heavy atom. The second kappa shape index (κ2) is 26.9. The quantitative estimate of drug-likeness (QED) is 0.0821. The molecule has 0 spiro atoms. The smallest absolute Gasteiger partial charge is 0.255 e. The Hall–Kier alpha value is -9.04. The van der Waals surface area contributed by atoms with Crippen LogP contribution in [0.5, 0.6) is 34.5 Å². The number of nitrogens with one attached hydrogen (secondary N) is 4. The number of carbonyl (C=O) groups excluding carboxylic acids is 4. The minimum atomic E-state index is -0.550. The number of para-hydroxylation sites is 2. The van der Waals surface area contributed by atoms with Gasteiger partial charge in [-0.1, -0.05) is 113 Å². The van der Waals surface area contributed by atoms with Gasteiger partial charge in [0.05, 0.1) is 64.9 Å². The first-order valence-corrected chi connectivity index (χ1v) is 29.4. The van der Waals surface area contributed by atoms with E-state index in [1.165, 1.54) is 14.2 Å². The summed E-state index contributed by atoms with van der Waals surface area (Å²) in [7, 11) is 2.97. The van der Waals surface area contributed by atoms with Crippen LogP contribution in [0.15, 0.2) is 121 Å². The SMILES string of the molecule is CCCOc1c2cccc1Cc1cc3cc(c1OCCC)Cc1cccc(c1OCCC)Cc1cc(cc(c1OCCC)C2)CNC(=O)CNC(=O)c1cc2ccccc2c(c1OC)-c1c(OC)c(cc2ccccc12)C(=O)NCC(=O)NC3. The third kappa shape index (κ3) is 12.6. The second-order valence-corrected chi connectivity index (χ2v) is 21.4. The normalized spacial score (nSPS) is 13.8. The zero-order valence-corrected chi connectivity index (χ0v) is 48.9. The van der Waals surface area contributed by atoms with Gasteiger partial charge < -0.3 is 49.7 Å². The third-order valence-corrected chi connectivity index (χ3v) is 15.2. The Bertz CT molecular complexity index is 3440. The minimum Gasteiger partial charge on any atom is -0.495 e. The maximum Gasteiger partial charge on any atom is 0.255 e. The second-order valence-electron chi connectivity index (χ2n) is 21.4. The number of fused-ring (bicyclic) bond motifs is 12. The van der Waals surface area contributed by atoms with Gasteiger partial charge in [0.2, 0.25) is 11.8 Å². The summed E-state index contributed by atoms with van der Waals surface area (Å²) in [6, 6.07) is 39.6. The van der Waals surface area contributed by atoms with Crippen molar-refractivity contribution in [3.63, 3.8) is 0 Å². The fraction of sp³-hybridized carbons (Fsp3) is 0.314. The van der Waals surface area contributed by atoms with E-state index in [1.54, 1.807) is 12.1 Å². The average molecular weight is 1130 g/mol. The first kappa shape index (κ1) is 58.2. The molecule has 4 amide bonds. The molecule has 11 rings (SSSR count). The Morgan fingerprint density at radius 2 is 0.679 bits per heavy atom. The molecular weight excluding hydrogens is 1060 g/mol. The zero-order chi connectivity index (χ0) is 58.7. The van der Waals surface area contributed by atoms with Crippen LogP contribution in [0.4, 0.5) is 0 Å². The summed E-state index contributed by atoms with van der Waals surface area (Å²) in [4.78, 5) is 57.5. The molecule has 2 aliphatic heterocycles. The van der Waals surface area contributed by atoms with Crippen LogP contribution in [-0.2, 0) is 48.4 Å². The maximum atomic E-state index is 14.6. The van der Waals surface area contributed by atoms with Crippen molar-refractivity contribution in [3.8, 4) is 45.6 Å². The molecule has 0 fully saturated rings. The minimum absolute atomic E-state index is 0.152. The van der Waals surface area contributed by atoms with E-state index >= 15 is 0 Å². The van der Waals surface area contributed by atoms with Crippen LogP contribution in [0.2, 0.25) is 0 Å². The number of carbonyl (C=O) groups is 4. The standard InChI is InChI=1S/C70H74N4O10/c1-7-25-81-63-47-19-15-20-48(63)34-52-30-44-32-54(66(52)84-28-10-4)36-50-22-16-21-49(64(50)82-26-8-2)35-53-31-43(29-51(33-47)65(53)83-27-9-3)39-71-59(75)41-73-69(77)57-37-45-17-11-13-23-55(45)61(67(57)79-5)62-56-24-14-12-18-46(56)38-58(68(62)80-6)70(78)74-42-60(76)72-40-44/h11-24,29-32,37-38H,7-10,25-28,33-36,39-42H2,1-6H3,(H,71,75)(H,72,76)(H,73,77)(H,74,78). The highest BCUT2D eigenvalue weighted by Gasteiger charge is 2.29. The van der Waals surface area contributed by atoms with Crippen molar-refractivity contribution in [1.82, 2.24) is 21.3 Å². The van der Waals surface area contributed by atoms with Crippen molar-refractivity contribution in [1.29, 1.82) is 0 Å². The number of amides is 4. The van der Waals surface area contributed by atoms with Gasteiger partial charge >= 0.3 is 0 Å². The maximum absolute atomic E-state index is 14.6. The van der Waals surface area contributed by atoms with E-state index in [9.17, 15) is 19.2 Å². The van der Waals surface area contributed by atoms with Gasteiger partial charge in [-0.15, -0.1) is 0 Å². The van der Waals surface area contributed by atoms with Gasteiger partial charge in [0.25, 0.3) is 11.8 Å². The van der Waals surface area contributed by atoms with Crippen molar-refractivity contribution in [2.45, 2.75) is 92.2 Å². The largest absolute Gasteiger partial charge is 0.495 e. The lowest BCUT2D eigenvalue weighted by Crippen LogP contribution is -2.37. The van der Waals surface area contributed by atoms with Gasteiger partial charge in [0, 0.05) is 49.9 Å².